The van der Waals surface area contributed by atoms with E-state index in [4.69, 9.17) is 9.47 Å². The van der Waals surface area contributed by atoms with Gasteiger partial charge in [-0.15, -0.1) is 11.3 Å². The van der Waals surface area contributed by atoms with Gasteiger partial charge in [-0.1, -0.05) is 15.9 Å². The van der Waals surface area contributed by atoms with Crippen molar-refractivity contribution in [2.75, 3.05) is 13.2 Å². The van der Waals surface area contributed by atoms with E-state index in [0.717, 1.165) is 15.8 Å². The summed E-state index contributed by atoms with van der Waals surface area (Å²) in [6.45, 7) is 5.49. The largest absolute Gasteiger partial charge is 0.506 e. The van der Waals surface area contributed by atoms with Gasteiger partial charge in [-0.25, -0.2) is 14.6 Å². The Morgan fingerprint density at radius 1 is 1.19 bits per heavy atom. The standard InChI is InChI=1S/C18H17Br2NO5S/c1-4-25-17(23)13-9(3)15(18(24)26-5-2)27-16(13)21-8-10-6-11(19)7-12(20)14(10)22/h6-8,22H,4-5H2,1-3H3. The van der Waals surface area contributed by atoms with Crippen LogP contribution in [0.3, 0.4) is 0 Å². The third-order valence-electron chi connectivity index (χ3n) is 3.45. The molecule has 1 heterocycles. The Morgan fingerprint density at radius 2 is 1.81 bits per heavy atom. The van der Waals surface area contributed by atoms with E-state index in [2.05, 4.69) is 36.9 Å². The van der Waals surface area contributed by atoms with Crippen molar-refractivity contribution in [1.29, 1.82) is 0 Å². The van der Waals surface area contributed by atoms with E-state index in [-0.39, 0.29) is 24.5 Å². The third-order valence-corrected chi connectivity index (χ3v) is 5.69. The minimum Gasteiger partial charge on any atom is -0.506 e. The van der Waals surface area contributed by atoms with E-state index >= 15 is 0 Å². The van der Waals surface area contributed by atoms with E-state index in [1.54, 1.807) is 32.9 Å². The lowest BCUT2D eigenvalue weighted by Crippen LogP contribution is -2.08. The van der Waals surface area contributed by atoms with Crippen molar-refractivity contribution in [2.24, 2.45) is 4.99 Å². The number of hydrogen-bond donors (Lipinski definition) is 1. The number of hydrogen-bond acceptors (Lipinski definition) is 7. The molecule has 0 fully saturated rings. The van der Waals surface area contributed by atoms with Crippen LogP contribution in [0.2, 0.25) is 0 Å². The SMILES string of the molecule is CCOC(=O)c1sc(N=Cc2cc(Br)cc(Br)c2O)c(C(=O)OCC)c1C. The van der Waals surface area contributed by atoms with Crippen molar-refractivity contribution in [3.8, 4) is 5.75 Å². The van der Waals surface area contributed by atoms with Crippen LogP contribution in [0.25, 0.3) is 0 Å². The molecule has 0 spiro atoms. The van der Waals surface area contributed by atoms with Crippen molar-refractivity contribution in [1.82, 2.24) is 0 Å². The molecule has 1 N–H and O–H groups in total. The third kappa shape index (κ3) is 4.97. The number of carbonyl (C=O) groups is 2. The molecular formula is C18H17Br2NO5S. The van der Waals surface area contributed by atoms with Crippen molar-refractivity contribution >= 4 is 66.4 Å². The average molecular weight is 519 g/mol. The van der Waals surface area contributed by atoms with E-state index in [9.17, 15) is 14.7 Å². The Labute approximate surface area is 177 Å². The molecule has 1 aromatic carbocycles. The summed E-state index contributed by atoms with van der Waals surface area (Å²) in [6, 6.07) is 3.38. The maximum atomic E-state index is 12.4. The number of carbonyl (C=O) groups excluding carboxylic acids is 2. The van der Waals surface area contributed by atoms with Gasteiger partial charge in [0.05, 0.1) is 17.7 Å². The van der Waals surface area contributed by atoms with Crippen LogP contribution in [0.15, 0.2) is 26.1 Å². The van der Waals surface area contributed by atoms with Gasteiger partial charge in [-0.3, -0.25) is 0 Å². The lowest BCUT2D eigenvalue weighted by atomic mass is 10.1. The van der Waals surface area contributed by atoms with Crippen LogP contribution in [0, 0.1) is 6.92 Å². The van der Waals surface area contributed by atoms with Crippen LogP contribution in [-0.4, -0.2) is 36.5 Å². The van der Waals surface area contributed by atoms with Crippen LogP contribution in [-0.2, 0) is 9.47 Å². The van der Waals surface area contributed by atoms with Crippen molar-refractivity contribution in [3.05, 3.63) is 42.6 Å². The van der Waals surface area contributed by atoms with Crippen molar-refractivity contribution < 1.29 is 24.2 Å². The molecule has 0 radical (unpaired) electrons. The first-order chi connectivity index (χ1) is 12.8. The zero-order valence-corrected chi connectivity index (χ0v) is 18.8. The second-order valence-corrected chi connectivity index (χ2v) is 8.03. The highest BCUT2D eigenvalue weighted by atomic mass is 79.9. The molecule has 1 aromatic heterocycles. The first-order valence-electron chi connectivity index (χ1n) is 7.99. The highest BCUT2D eigenvalue weighted by Crippen LogP contribution is 2.37. The Bertz CT molecular complexity index is 908. The molecule has 144 valence electrons. The van der Waals surface area contributed by atoms with Gasteiger partial charge >= 0.3 is 11.9 Å². The molecule has 0 aliphatic carbocycles. The molecule has 0 amide bonds. The summed E-state index contributed by atoms with van der Waals surface area (Å²) in [5.41, 5.74) is 1.12. The number of aliphatic imine (C=N–C) groups is 1. The fourth-order valence-electron chi connectivity index (χ4n) is 2.24. The monoisotopic (exact) mass is 517 g/mol. The average Bonchev–Trinajstić information content (AvgIpc) is 2.93. The van der Waals surface area contributed by atoms with E-state index in [1.807, 2.05) is 0 Å². The zero-order valence-electron chi connectivity index (χ0n) is 14.8. The molecular weight excluding hydrogens is 502 g/mol. The molecule has 0 unspecified atom stereocenters. The summed E-state index contributed by atoms with van der Waals surface area (Å²) in [6.07, 6.45) is 1.42. The van der Waals surface area contributed by atoms with Gasteiger partial charge in [0.2, 0.25) is 0 Å². The summed E-state index contributed by atoms with van der Waals surface area (Å²) < 4.78 is 11.4. The molecule has 0 bridgehead atoms. The molecule has 0 saturated carbocycles. The van der Waals surface area contributed by atoms with Crippen molar-refractivity contribution in [3.63, 3.8) is 0 Å². The number of nitrogens with zero attached hydrogens (tertiary/aromatic N) is 1. The van der Waals surface area contributed by atoms with Gasteiger partial charge < -0.3 is 14.6 Å². The first kappa shape index (κ1) is 21.6. The van der Waals surface area contributed by atoms with Crippen LogP contribution in [0.1, 0.15) is 45.0 Å². The predicted molar refractivity (Wildman–Crippen MR) is 112 cm³/mol. The van der Waals surface area contributed by atoms with Crippen molar-refractivity contribution in [2.45, 2.75) is 20.8 Å². The second-order valence-electron chi connectivity index (χ2n) is 5.26. The summed E-state index contributed by atoms with van der Waals surface area (Å²) in [5.74, 6) is -1.06. The minimum absolute atomic E-state index is 0.0125. The van der Waals surface area contributed by atoms with Gasteiger partial charge in [0.25, 0.3) is 0 Å². The normalized spacial score (nSPS) is 11.0. The number of phenolic OH excluding ortho intramolecular Hbond substituents is 1. The summed E-state index contributed by atoms with van der Waals surface area (Å²) >= 11 is 7.65. The van der Waals surface area contributed by atoms with Crippen LogP contribution < -0.4 is 0 Å². The van der Waals surface area contributed by atoms with Crippen LogP contribution >= 0.6 is 43.2 Å². The molecule has 0 saturated heterocycles. The highest BCUT2D eigenvalue weighted by Gasteiger charge is 2.26. The molecule has 2 aromatic rings. The molecule has 2 rings (SSSR count). The second kappa shape index (κ2) is 9.48. The Kier molecular flexibility index (Phi) is 7.58. The molecule has 6 nitrogen and oxygen atoms in total. The van der Waals surface area contributed by atoms with E-state index in [1.165, 1.54) is 6.21 Å². The topological polar surface area (TPSA) is 85.2 Å². The lowest BCUT2D eigenvalue weighted by molar-refractivity contribution is 0.0527. The number of benzene rings is 1. The number of rotatable bonds is 6. The quantitative estimate of drug-likeness (QED) is 0.409. The predicted octanol–water partition coefficient (Wildman–Crippen LogP) is 5.39. The fourth-order valence-corrected chi connectivity index (χ4v) is 4.53. The summed E-state index contributed by atoms with van der Waals surface area (Å²) in [7, 11) is 0. The molecule has 0 aliphatic heterocycles. The number of thiophene rings is 1. The van der Waals surface area contributed by atoms with Gasteiger partial charge in [0.1, 0.15) is 21.2 Å². The van der Waals surface area contributed by atoms with Gasteiger partial charge in [-0.2, -0.15) is 0 Å². The molecule has 0 atom stereocenters. The lowest BCUT2D eigenvalue weighted by Gasteiger charge is -2.04. The van der Waals surface area contributed by atoms with Crippen LogP contribution in [0.4, 0.5) is 5.00 Å². The Morgan fingerprint density at radius 3 is 2.44 bits per heavy atom. The number of ether oxygens (including phenoxy) is 2. The maximum absolute atomic E-state index is 12.4. The van der Waals surface area contributed by atoms with Gasteiger partial charge in [0, 0.05) is 16.3 Å². The minimum atomic E-state index is -0.561. The zero-order chi connectivity index (χ0) is 20.1. The molecule has 27 heavy (non-hydrogen) atoms. The summed E-state index contributed by atoms with van der Waals surface area (Å²) in [4.78, 5) is 29.1. The Hall–Kier alpha value is -1.71. The van der Waals surface area contributed by atoms with E-state index < -0.39 is 11.9 Å². The number of phenols is 1. The Balaban J connectivity index is 2.53. The molecule has 0 aliphatic rings. The summed E-state index contributed by atoms with van der Waals surface area (Å²) in [5, 5.41) is 10.5. The number of halogens is 2. The number of aromatic hydroxyl groups is 1. The molecule has 9 heteroatoms. The fraction of sp³-hybridized carbons (Fsp3) is 0.278. The van der Waals surface area contributed by atoms with Crippen LogP contribution in [0.5, 0.6) is 5.75 Å². The number of esters is 2. The smallest absolute Gasteiger partial charge is 0.348 e. The van der Waals surface area contributed by atoms with E-state index in [0.29, 0.717) is 25.5 Å². The van der Waals surface area contributed by atoms with Gasteiger partial charge in [0.15, 0.2) is 0 Å². The highest BCUT2D eigenvalue weighted by molar-refractivity contribution is 9.11. The first-order valence-corrected chi connectivity index (χ1v) is 10.4. The maximum Gasteiger partial charge on any atom is 0.348 e. The van der Waals surface area contributed by atoms with Gasteiger partial charge in [-0.05, 0) is 54.4 Å².